The maximum Gasteiger partial charge on any atom is 0.0907 e. The minimum absolute atomic E-state index is 0.144. The fourth-order valence-electron chi connectivity index (χ4n) is 1.17. The first kappa shape index (κ1) is 10.8. The summed E-state index contributed by atoms with van der Waals surface area (Å²) in [6.45, 7) is 4.34. The van der Waals surface area contributed by atoms with Crippen molar-refractivity contribution in [2.24, 2.45) is 17.6 Å². The Balaban J connectivity index is 3.80. The van der Waals surface area contributed by atoms with Gasteiger partial charge in [-0.2, -0.15) is 0 Å². The van der Waals surface area contributed by atoms with Crippen LogP contribution in [0.15, 0.2) is 0 Å². The lowest BCUT2D eigenvalue weighted by Gasteiger charge is -2.24. The Morgan fingerprint density at radius 2 is 2.10 bits per heavy atom. The van der Waals surface area contributed by atoms with Crippen molar-refractivity contribution in [3.8, 4) is 0 Å². The average molecular weight is 251 g/mol. The molecule has 10 heavy (non-hydrogen) atoms. The highest BCUT2D eigenvalue weighted by atomic mass is 127. The summed E-state index contributed by atoms with van der Waals surface area (Å²) < 4.78 is 1.14. The molecule has 0 fully saturated rings. The third-order valence-corrected chi connectivity index (χ3v) is 3.33. The largest absolute Gasteiger partial charge is 0.336 e. The Bertz CT molecular complexity index is 87.7. The average Bonchev–Trinajstić information content (AvgIpc) is 1.88. The summed E-state index contributed by atoms with van der Waals surface area (Å²) in [5.74, 6) is 0.984. The van der Waals surface area contributed by atoms with E-state index in [1.54, 1.807) is 0 Å². The number of rotatable bonds is 4. The first-order chi connectivity index (χ1) is 4.63. The Labute approximate surface area is 78.7 Å². The lowest BCUT2D eigenvalue weighted by molar-refractivity contribution is 0.369. The first-order valence-electron chi connectivity index (χ1n) is 3.70. The summed E-state index contributed by atoms with van der Waals surface area (Å²) in [5.41, 5.74) is 5.60. The Morgan fingerprint density at radius 1 is 1.60 bits per heavy atom. The van der Waals surface area contributed by atoms with Crippen LogP contribution in [0, 0.1) is 11.8 Å². The topological polar surface area (TPSA) is 26.0 Å². The van der Waals surface area contributed by atoms with Crippen LogP contribution in [-0.4, -0.2) is 18.2 Å². The molecule has 0 rings (SSSR count). The first-order valence-corrected chi connectivity index (χ1v) is 5.23. The van der Waals surface area contributed by atoms with Gasteiger partial charge in [-0.05, 0) is 17.8 Å². The van der Waals surface area contributed by atoms with Gasteiger partial charge in [0, 0.05) is 4.43 Å². The van der Waals surface area contributed by atoms with Crippen molar-refractivity contribution in [3.63, 3.8) is 0 Å². The minimum atomic E-state index is -0.144. The third kappa shape index (κ3) is 3.24. The van der Waals surface area contributed by atoms with Crippen LogP contribution in [0.1, 0.15) is 20.3 Å². The van der Waals surface area contributed by atoms with Crippen LogP contribution in [-0.2, 0) is 0 Å². The summed E-state index contributed by atoms with van der Waals surface area (Å²) in [6, 6.07) is 0. The highest BCUT2D eigenvalue weighted by Gasteiger charge is 2.17. The van der Waals surface area contributed by atoms with E-state index in [1.807, 2.05) is 0 Å². The van der Waals surface area contributed by atoms with Crippen molar-refractivity contribution in [3.05, 3.63) is 0 Å². The van der Waals surface area contributed by atoms with E-state index in [-0.39, 0.29) is 5.94 Å². The van der Waals surface area contributed by atoms with Crippen LogP contribution in [0.2, 0.25) is 0 Å². The SMILES string of the molecule is [B]C(N)C(CC)C(C)CI. The van der Waals surface area contributed by atoms with Crippen LogP contribution in [0.25, 0.3) is 0 Å². The maximum absolute atomic E-state index is 5.60. The molecule has 1 nitrogen and oxygen atoms in total. The van der Waals surface area contributed by atoms with E-state index >= 15 is 0 Å². The lowest BCUT2D eigenvalue weighted by atomic mass is 9.77. The maximum atomic E-state index is 5.60. The van der Waals surface area contributed by atoms with Gasteiger partial charge in [-0.15, -0.1) is 0 Å². The van der Waals surface area contributed by atoms with Gasteiger partial charge in [-0.25, -0.2) is 0 Å². The van der Waals surface area contributed by atoms with Gasteiger partial charge in [0.2, 0.25) is 0 Å². The van der Waals surface area contributed by atoms with Gasteiger partial charge in [0.25, 0.3) is 0 Å². The molecular formula is C7H15BIN. The van der Waals surface area contributed by atoms with Crippen LogP contribution in [0.3, 0.4) is 0 Å². The molecule has 0 aliphatic heterocycles. The van der Waals surface area contributed by atoms with Crippen molar-refractivity contribution in [2.75, 3.05) is 4.43 Å². The lowest BCUT2D eigenvalue weighted by Crippen LogP contribution is -2.34. The van der Waals surface area contributed by atoms with Gasteiger partial charge in [0.05, 0.1) is 7.85 Å². The third-order valence-electron chi connectivity index (χ3n) is 1.94. The molecule has 0 heterocycles. The summed E-state index contributed by atoms with van der Waals surface area (Å²) >= 11 is 2.37. The summed E-state index contributed by atoms with van der Waals surface area (Å²) in [5, 5.41) is 0. The predicted octanol–water partition coefficient (Wildman–Crippen LogP) is 1.54. The van der Waals surface area contributed by atoms with Gasteiger partial charge in [-0.1, -0.05) is 42.9 Å². The minimum Gasteiger partial charge on any atom is -0.336 e. The molecule has 0 aromatic heterocycles. The van der Waals surface area contributed by atoms with Crippen molar-refractivity contribution in [1.29, 1.82) is 0 Å². The number of alkyl halides is 1. The monoisotopic (exact) mass is 251 g/mol. The molecule has 0 saturated heterocycles. The predicted molar refractivity (Wildman–Crippen MR) is 55.6 cm³/mol. The molecule has 2 N–H and O–H groups in total. The van der Waals surface area contributed by atoms with E-state index in [0.29, 0.717) is 11.8 Å². The molecular weight excluding hydrogens is 236 g/mol. The van der Waals surface area contributed by atoms with E-state index in [0.717, 1.165) is 10.8 Å². The molecule has 0 amide bonds. The Morgan fingerprint density at radius 3 is 2.20 bits per heavy atom. The molecule has 3 unspecified atom stereocenters. The number of halogens is 1. The fourth-order valence-corrected chi connectivity index (χ4v) is 1.82. The molecule has 58 valence electrons. The van der Waals surface area contributed by atoms with Crippen LogP contribution < -0.4 is 5.73 Å². The molecule has 0 aliphatic rings. The normalized spacial score (nSPS) is 20.0. The molecule has 0 spiro atoms. The second-order valence-electron chi connectivity index (χ2n) is 2.78. The zero-order valence-corrected chi connectivity index (χ0v) is 8.84. The van der Waals surface area contributed by atoms with Crippen LogP contribution in [0.5, 0.6) is 0 Å². The van der Waals surface area contributed by atoms with Crippen molar-refractivity contribution < 1.29 is 0 Å². The smallest absolute Gasteiger partial charge is 0.0907 e. The molecule has 0 aliphatic carbocycles. The second-order valence-corrected chi connectivity index (χ2v) is 3.66. The highest BCUT2D eigenvalue weighted by molar-refractivity contribution is 14.1. The Kier molecular flexibility index (Phi) is 5.82. The zero-order chi connectivity index (χ0) is 8.15. The Hall–Kier alpha value is 0.755. The van der Waals surface area contributed by atoms with E-state index in [2.05, 4.69) is 36.4 Å². The highest BCUT2D eigenvalue weighted by Crippen LogP contribution is 2.18. The molecule has 2 radical (unpaired) electrons. The van der Waals surface area contributed by atoms with Gasteiger partial charge in [0.15, 0.2) is 0 Å². The number of hydrogen-bond acceptors (Lipinski definition) is 1. The summed E-state index contributed by atoms with van der Waals surface area (Å²) in [7, 11) is 5.60. The van der Waals surface area contributed by atoms with Crippen molar-refractivity contribution >= 4 is 30.4 Å². The zero-order valence-electron chi connectivity index (χ0n) is 6.68. The van der Waals surface area contributed by atoms with Gasteiger partial charge < -0.3 is 5.73 Å². The number of nitrogens with two attached hydrogens (primary N) is 1. The second kappa shape index (κ2) is 5.41. The van der Waals surface area contributed by atoms with E-state index in [4.69, 9.17) is 13.6 Å². The van der Waals surface area contributed by atoms with Crippen molar-refractivity contribution in [2.45, 2.75) is 26.2 Å². The van der Waals surface area contributed by atoms with Gasteiger partial charge in [-0.3, -0.25) is 0 Å². The summed E-state index contributed by atoms with van der Waals surface area (Å²) in [4.78, 5) is 0. The molecule has 0 aromatic rings. The standard InChI is InChI=1S/C7H15BIN/c1-3-6(7(8)10)5(2)4-9/h5-7H,3-4,10H2,1-2H3. The van der Waals surface area contributed by atoms with E-state index in [9.17, 15) is 0 Å². The quantitative estimate of drug-likeness (QED) is 0.457. The molecule has 3 atom stereocenters. The van der Waals surface area contributed by atoms with Crippen molar-refractivity contribution in [1.82, 2.24) is 0 Å². The van der Waals surface area contributed by atoms with E-state index in [1.165, 1.54) is 0 Å². The molecule has 0 bridgehead atoms. The number of hydrogen-bond donors (Lipinski definition) is 1. The van der Waals surface area contributed by atoms with Crippen LogP contribution in [0.4, 0.5) is 0 Å². The summed E-state index contributed by atoms with van der Waals surface area (Å²) in [6.07, 6.45) is 1.09. The van der Waals surface area contributed by atoms with E-state index < -0.39 is 0 Å². The molecule has 0 saturated carbocycles. The molecule has 3 heteroatoms. The van der Waals surface area contributed by atoms with Crippen LogP contribution >= 0.6 is 22.6 Å². The fraction of sp³-hybridized carbons (Fsp3) is 1.00. The molecule has 0 aromatic carbocycles. The van der Waals surface area contributed by atoms with Gasteiger partial charge in [0.1, 0.15) is 0 Å². The van der Waals surface area contributed by atoms with Gasteiger partial charge >= 0.3 is 0 Å².